The maximum absolute atomic E-state index is 11.4. The number of nitrogens with two attached hydrogens (primary N) is 1. The summed E-state index contributed by atoms with van der Waals surface area (Å²) in [5, 5.41) is 5.59. The molecule has 7 nitrogen and oxygen atoms in total. The van der Waals surface area contributed by atoms with Crippen molar-refractivity contribution < 1.29 is 4.79 Å². The zero-order valence-electron chi connectivity index (χ0n) is 10.2. The number of aromatic nitrogens is 2. The van der Waals surface area contributed by atoms with Gasteiger partial charge in [-0.2, -0.15) is 0 Å². The number of amides is 1. The van der Waals surface area contributed by atoms with Gasteiger partial charge in [0, 0.05) is 12.6 Å². The van der Waals surface area contributed by atoms with Crippen molar-refractivity contribution in [2.24, 2.45) is 5.84 Å². The largest absolute Gasteiger partial charge is 0.358 e. The van der Waals surface area contributed by atoms with E-state index in [0.717, 1.165) is 5.56 Å². The molecule has 0 radical (unpaired) electrons. The number of anilines is 2. The van der Waals surface area contributed by atoms with Gasteiger partial charge in [-0.1, -0.05) is 6.92 Å². The van der Waals surface area contributed by atoms with Gasteiger partial charge in [0.2, 0.25) is 5.91 Å². The number of hydrogen-bond acceptors (Lipinski definition) is 6. The maximum atomic E-state index is 11.4. The van der Waals surface area contributed by atoms with Crippen LogP contribution in [-0.2, 0) is 11.2 Å². The fourth-order valence-electron chi connectivity index (χ4n) is 1.48. The van der Waals surface area contributed by atoms with Crippen LogP contribution in [0.3, 0.4) is 0 Å². The highest BCUT2D eigenvalue weighted by Crippen LogP contribution is 2.19. The molecule has 0 spiro atoms. The number of carbonyl (C=O) groups is 1. The van der Waals surface area contributed by atoms with E-state index in [2.05, 4.69) is 26.0 Å². The normalized spacial score (nSPS) is 11.8. The predicted octanol–water partition coefficient (Wildman–Crippen LogP) is -0.129. The third-order valence-corrected chi connectivity index (χ3v) is 2.43. The number of likely N-dealkylation sites (N-methyl/N-ethyl adjacent to an activating group) is 1. The summed E-state index contributed by atoms with van der Waals surface area (Å²) < 4.78 is 0. The Balaban J connectivity index is 2.94. The molecule has 1 aromatic heterocycles. The molecule has 1 atom stereocenters. The van der Waals surface area contributed by atoms with Crippen molar-refractivity contribution >= 4 is 17.5 Å². The van der Waals surface area contributed by atoms with Gasteiger partial charge >= 0.3 is 0 Å². The van der Waals surface area contributed by atoms with E-state index in [-0.39, 0.29) is 11.9 Å². The molecular formula is C10H18N6O. The molecule has 0 saturated carbocycles. The quantitative estimate of drug-likeness (QED) is 0.421. The van der Waals surface area contributed by atoms with Crippen molar-refractivity contribution in [2.75, 3.05) is 17.8 Å². The van der Waals surface area contributed by atoms with E-state index in [1.165, 1.54) is 6.33 Å². The lowest BCUT2D eigenvalue weighted by atomic mass is 10.2. The number of rotatable bonds is 5. The first-order valence-corrected chi connectivity index (χ1v) is 5.42. The molecule has 1 aromatic rings. The van der Waals surface area contributed by atoms with E-state index in [0.29, 0.717) is 18.1 Å². The van der Waals surface area contributed by atoms with Crippen LogP contribution in [-0.4, -0.2) is 29.0 Å². The summed E-state index contributed by atoms with van der Waals surface area (Å²) in [5.74, 6) is 6.44. The van der Waals surface area contributed by atoms with Crippen LogP contribution in [0.15, 0.2) is 6.33 Å². The molecule has 7 heteroatoms. The molecule has 1 unspecified atom stereocenters. The highest BCUT2D eigenvalue weighted by atomic mass is 16.2. The summed E-state index contributed by atoms with van der Waals surface area (Å²) in [4.78, 5) is 19.5. The summed E-state index contributed by atoms with van der Waals surface area (Å²) in [7, 11) is 1.59. The van der Waals surface area contributed by atoms with Gasteiger partial charge in [0.05, 0.1) is 0 Å². The van der Waals surface area contributed by atoms with Gasteiger partial charge in [-0.25, -0.2) is 15.8 Å². The van der Waals surface area contributed by atoms with Gasteiger partial charge in [0.15, 0.2) is 0 Å². The molecule has 1 amide bonds. The molecule has 0 bridgehead atoms. The molecule has 17 heavy (non-hydrogen) atoms. The van der Waals surface area contributed by atoms with Crippen LogP contribution < -0.4 is 21.9 Å². The first-order chi connectivity index (χ1) is 8.13. The van der Waals surface area contributed by atoms with Crippen LogP contribution in [0, 0.1) is 0 Å². The van der Waals surface area contributed by atoms with Gasteiger partial charge in [-0.05, 0) is 13.3 Å². The van der Waals surface area contributed by atoms with Crippen LogP contribution in [0.25, 0.3) is 0 Å². The van der Waals surface area contributed by atoms with Crippen molar-refractivity contribution in [1.82, 2.24) is 15.3 Å². The van der Waals surface area contributed by atoms with E-state index in [1.54, 1.807) is 14.0 Å². The average molecular weight is 238 g/mol. The Hall–Kier alpha value is -1.89. The molecule has 0 aliphatic carbocycles. The summed E-state index contributed by atoms with van der Waals surface area (Å²) in [5.41, 5.74) is 3.36. The molecule has 0 aliphatic heterocycles. The lowest BCUT2D eigenvalue weighted by Crippen LogP contribution is -2.35. The number of carbonyl (C=O) groups excluding carboxylic acids is 1. The minimum atomic E-state index is -0.370. The number of hydrazine groups is 1. The fraction of sp³-hybridized carbons (Fsp3) is 0.500. The zero-order valence-corrected chi connectivity index (χ0v) is 10.2. The second-order valence-corrected chi connectivity index (χ2v) is 3.53. The Morgan fingerprint density at radius 3 is 2.65 bits per heavy atom. The Morgan fingerprint density at radius 2 is 2.12 bits per heavy atom. The van der Waals surface area contributed by atoms with Gasteiger partial charge in [0.25, 0.3) is 0 Å². The van der Waals surface area contributed by atoms with Crippen molar-refractivity contribution in [3.8, 4) is 0 Å². The van der Waals surface area contributed by atoms with Crippen molar-refractivity contribution in [1.29, 1.82) is 0 Å². The van der Waals surface area contributed by atoms with Crippen molar-refractivity contribution in [3.05, 3.63) is 11.9 Å². The van der Waals surface area contributed by atoms with E-state index in [4.69, 9.17) is 5.84 Å². The minimum Gasteiger partial charge on any atom is -0.358 e. The summed E-state index contributed by atoms with van der Waals surface area (Å²) in [6.07, 6.45) is 2.11. The molecule has 0 saturated heterocycles. The van der Waals surface area contributed by atoms with E-state index in [9.17, 15) is 4.79 Å². The first-order valence-electron chi connectivity index (χ1n) is 5.42. The van der Waals surface area contributed by atoms with Crippen LogP contribution in [0.4, 0.5) is 11.6 Å². The molecular weight excluding hydrogens is 220 g/mol. The van der Waals surface area contributed by atoms with Crippen molar-refractivity contribution in [2.45, 2.75) is 26.3 Å². The Morgan fingerprint density at radius 1 is 1.47 bits per heavy atom. The van der Waals surface area contributed by atoms with Crippen LogP contribution in [0.2, 0.25) is 0 Å². The van der Waals surface area contributed by atoms with E-state index >= 15 is 0 Å². The number of nitrogens with one attached hydrogen (secondary N) is 3. The summed E-state index contributed by atoms with van der Waals surface area (Å²) >= 11 is 0. The number of nitrogens with zero attached hydrogens (tertiary/aromatic N) is 2. The lowest BCUT2D eigenvalue weighted by Gasteiger charge is -2.16. The molecule has 1 heterocycles. The Bertz CT molecular complexity index is 394. The zero-order chi connectivity index (χ0) is 12.8. The Labute approximate surface area is 100 Å². The summed E-state index contributed by atoms with van der Waals surface area (Å²) in [6, 6.07) is -0.370. The monoisotopic (exact) mass is 238 g/mol. The van der Waals surface area contributed by atoms with Crippen LogP contribution in [0.1, 0.15) is 19.4 Å². The average Bonchev–Trinajstić information content (AvgIpc) is 2.37. The summed E-state index contributed by atoms with van der Waals surface area (Å²) in [6.45, 7) is 3.73. The van der Waals surface area contributed by atoms with Crippen LogP contribution >= 0.6 is 0 Å². The van der Waals surface area contributed by atoms with Gasteiger partial charge < -0.3 is 16.1 Å². The minimum absolute atomic E-state index is 0.104. The molecule has 0 fully saturated rings. The third-order valence-electron chi connectivity index (χ3n) is 2.43. The second-order valence-electron chi connectivity index (χ2n) is 3.53. The molecule has 5 N–H and O–H groups in total. The van der Waals surface area contributed by atoms with Gasteiger partial charge in [-0.3, -0.25) is 4.79 Å². The topological polar surface area (TPSA) is 105 Å². The van der Waals surface area contributed by atoms with Gasteiger partial charge in [-0.15, -0.1) is 0 Å². The predicted molar refractivity (Wildman–Crippen MR) is 66.4 cm³/mol. The maximum Gasteiger partial charge on any atom is 0.241 e. The number of nitrogen functional groups attached to an aromatic ring is 1. The SMILES string of the molecule is CCc1c(NN)ncnc1NC(C)C(=O)NC. The van der Waals surface area contributed by atoms with E-state index in [1.807, 2.05) is 6.92 Å². The fourth-order valence-corrected chi connectivity index (χ4v) is 1.48. The van der Waals surface area contributed by atoms with Crippen molar-refractivity contribution in [3.63, 3.8) is 0 Å². The molecule has 0 aromatic carbocycles. The highest BCUT2D eigenvalue weighted by Gasteiger charge is 2.15. The standard InChI is InChI=1S/C10H18N6O/c1-4-7-8(13-5-14-9(7)16-11)15-6(2)10(17)12-3/h5-6H,4,11H2,1-3H3,(H,12,17)(H2,13,14,15,16). The highest BCUT2D eigenvalue weighted by molar-refractivity contribution is 5.84. The smallest absolute Gasteiger partial charge is 0.241 e. The number of hydrogen-bond donors (Lipinski definition) is 4. The van der Waals surface area contributed by atoms with E-state index < -0.39 is 0 Å². The molecule has 94 valence electrons. The second kappa shape index (κ2) is 6.00. The molecule has 1 rings (SSSR count). The Kier molecular flexibility index (Phi) is 4.65. The molecule has 0 aliphatic rings. The lowest BCUT2D eigenvalue weighted by molar-refractivity contribution is -0.121. The third kappa shape index (κ3) is 3.04. The van der Waals surface area contributed by atoms with Gasteiger partial charge in [0.1, 0.15) is 24.0 Å². The van der Waals surface area contributed by atoms with Crippen LogP contribution in [0.5, 0.6) is 0 Å². The first kappa shape index (κ1) is 13.2.